The highest BCUT2D eigenvalue weighted by Crippen LogP contribution is 2.08. The van der Waals surface area contributed by atoms with Gasteiger partial charge in [-0.1, -0.05) is 11.6 Å². The first kappa shape index (κ1) is 10.6. The van der Waals surface area contributed by atoms with Gasteiger partial charge in [0.2, 0.25) is 0 Å². The maximum Gasteiger partial charge on any atom is 0.290 e. The molecule has 0 N–H and O–H groups in total. The molecule has 1 fully saturated rings. The summed E-state index contributed by atoms with van der Waals surface area (Å²) in [6, 6.07) is 0. The Labute approximate surface area is 91.6 Å². The molecule has 0 radical (unpaired) electrons. The topological polar surface area (TPSA) is 53.4 Å². The molecule has 1 aliphatic rings. The van der Waals surface area contributed by atoms with Crippen molar-refractivity contribution in [3.05, 3.63) is 27.9 Å². The minimum Gasteiger partial charge on any atom is -0.379 e. The first-order valence-corrected chi connectivity index (χ1v) is 5.05. The van der Waals surface area contributed by atoms with Gasteiger partial charge in [0.05, 0.1) is 12.7 Å². The van der Waals surface area contributed by atoms with E-state index in [1.165, 1.54) is 10.8 Å². The monoisotopic (exact) mass is 230 g/mol. The number of ether oxygens (including phenoxy) is 2. The molecule has 0 saturated carbocycles. The van der Waals surface area contributed by atoms with E-state index in [0.29, 0.717) is 6.61 Å². The van der Waals surface area contributed by atoms with Crippen LogP contribution in [0.15, 0.2) is 17.2 Å². The molecule has 1 atom stereocenters. The van der Waals surface area contributed by atoms with Crippen LogP contribution in [0, 0.1) is 0 Å². The lowest BCUT2D eigenvalue weighted by molar-refractivity contribution is 0.000339. The van der Waals surface area contributed by atoms with Crippen LogP contribution in [0.25, 0.3) is 0 Å². The summed E-state index contributed by atoms with van der Waals surface area (Å²) in [7, 11) is 0. The predicted molar refractivity (Wildman–Crippen MR) is 53.8 cm³/mol. The van der Waals surface area contributed by atoms with Crippen LogP contribution < -0.4 is 5.56 Å². The first-order valence-electron chi connectivity index (χ1n) is 4.67. The van der Waals surface area contributed by atoms with E-state index in [1.54, 1.807) is 6.20 Å². The van der Waals surface area contributed by atoms with Crippen molar-refractivity contribution in [1.82, 2.24) is 9.55 Å². The second-order valence-electron chi connectivity index (χ2n) is 3.27. The van der Waals surface area contributed by atoms with Crippen molar-refractivity contribution in [3.63, 3.8) is 0 Å². The zero-order valence-corrected chi connectivity index (χ0v) is 8.81. The minimum atomic E-state index is -0.335. The summed E-state index contributed by atoms with van der Waals surface area (Å²) in [5.74, 6) is 0. The van der Waals surface area contributed by atoms with E-state index < -0.39 is 0 Å². The van der Waals surface area contributed by atoms with Crippen molar-refractivity contribution < 1.29 is 9.47 Å². The standard InChI is InChI=1S/C9H11ClN2O3/c10-8-9(13)12(3-2-11-8)6-15-7-1-4-14-5-7/h2-3,7H,1,4-6H2. The number of rotatable bonds is 3. The van der Waals surface area contributed by atoms with E-state index in [1.807, 2.05) is 0 Å². The number of aromatic nitrogens is 2. The van der Waals surface area contributed by atoms with Gasteiger partial charge in [-0.25, -0.2) is 4.98 Å². The van der Waals surface area contributed by atoms with Crippen LogP contribution in [0.1, 0.15) is 6.42 Å². The van der Waals surface area contributed by atoms with Crippen LogP contribution in [-0.4, -0.2) is 28.9 Å². The number of hydrogen-bond acceptors (Lipinski definition) is 4. The summed E-state index contributed by atoms with van der Waals surface area (Å²) < 4.78 is 12.0. The predicted octanol–water partition coefficient (Wildman–Crippen LogP) is 0.660. The third kappa shape index (κ3) is 2.56. The molecule has 0 aromatic carbocycles. The Morgan fingerprint density at radius 3 is 3.33 bits per heavy atom. The van der Waals surface area contributed by atoms with Crippen LogP contribution in [0.2, 0.25) is 5.15 Å². The van der Waals surface area contributed by atoms with Gasteiger partial charge in [0.1, 0.15) is 6.73 Å². The van der Waals surface area contributed by atoms with E-state index >= 15 is 0 Å². The molecule has 82 valence electrons. The van der Waals surface area contributed by atoms with E-state index in [9.17, 15) is 4.79 Å². The van der Waals surface area contributed by atoms with Crippen molar-refractivity contribution in [3.8, 4) is 0 Å². The van der Waals surface area contributed by atoms with Crippen LogP contribution in [0.5, 0.6) is 0 Å². The molecule has 0 amide bonds. The van der Waals surface area contributed by atoms with Crippen molar-refractivity contribution in [2.75, 3.05) is 13.2 Å². The number of hydrogen-bond donors (Lipinski definition) is 0. The third-order valence-electron chi connectivity index (χ3n) is 2.21. The molecule has 6 heteroatoms. The van der Waals surface area contributed by atoms with Gasteiger partial charge in [-0.05, 0) is 6.42 Å². The van der Waals surface area contributed by atoms with Crippen LogP contribution in [0.4, 0.5) is 0 Å². The molecule has 1 unspecified atom stereocenters. The third-order valence-corrected chi connectivity index (χ3v) is 2.47. The normalized spacial score (nSPS) is 20.7. The van der Waals surface area contributed by atoms with Gasteiger partial charge in [0, 0.05) is 19.0 Å². The van der Waals surface area contributed by atoms with E-state index in [2.05, 4.69) is 4.98 Å². The van der Waals surface area contributed by atoms with Gasteiger partial charge in [-0.3, -0.25) is 9.36 Å². The Hall–Kier alpha value is -0.910. The molecule has 5 nitrogen and oxygen atoms in total. The highest BCUT2D eigenvalue weighted by atomic mass is 35.5. The SMILES string of the molecule is O=c1c(Cl)nccn1COC1CCOC1. The van der Waals surface area contributed by atoms with Gasteiger partial charge in [0.25, 0.3) is 5.56 Å². The van der Waals surface area contributed by atoms with E-state index in [4.69, 9.17) is 21.1 Å². The van der Waals surface area contributed by atoms with Gasteiger partial charge < -0.3 is 9.47 Å². The summed E-state index contributed by atoms with van der Waals surface area (Å²) >= 11 is 5.58. The summed E-state index contributed by atoms with van der Waals surface area (Å²) in [6.07, 6.45) is 3.96. The first-order chi connectivity index (χ1) is 7.27. The number of halogens is 1. The van der Waals surface area contributed by atoms with Crippen LogP contribution >= 0.6 is 11.6 Å². The molecule has 1 saturated heterocycles. The lowest BCUT2D eigenvalue weighted by atomic mass is 10.3. The Morgan fingerprint density at radius 1 is 1.73 bits per heavy atom. The van der Waals surface area contributed by atoms with E-state index in [-0.39, 0.29) is 23.5 Å². The average molecular weight is 231 g/mol. The average Bonchev–Trinajstić information content (AvgIpc) is 2.73. The smallest absolute Gasteiger partial charge is 0.290 e. The summed E-state index contributed by atoms with van der Waals surface area (Å²) in [4.78, 5) is 15.1. The molecule has 0 bridgehead atoms. The molecule has 2 heterocycles. The van der Waals surface area contributed by atoms with Gasteiger partial charge in [-0.15, -0.1) is 0 Å². The fraction of sp³-hybridized carbons (Fsp3) is 0.556. The summed E-state index contributed by atoms with van der Waals surface area (Å²) in [6.45, 7) is 1.50. The lowest BCUT2D eigenvalue weighted by Crippen LogP contribution is -2.24. The molecule has 0 spiro atoms. The molecule has 1 aromatic heterocycles. The Kier molecular flexibility index (Phi) is 3.35. The van der Waals surface area contributed by atoms with Crippen molar-refractivity contribution in [1.29, 1.82) is 0 Å². The second kappa shape index (κ2) is 4.74. The molecular weight excluding hydrogens is 220 g/mol. The quantitative estimate of drug-likeness (QED) is 0.766. The zero-order chi connectivity index (χ0) is 10.7. The highest BCUT2D eigenvalue weighted by Gasteiger charge is 2.16. The van der Waals surface area contributed by atoms with Crippen LogP contribution in [0.3, 0.4) is 0 Å². The van der Waals surface area contributed by atoms with Crippen LogP contribution in [-0.2, 0) is 16.2 Å². The largest absolute Gasteiger partial charge is 0.379 e. The van der Waals surface area contributed by atoms with E-state index in [0.717, 1.165) is 13.0 Å². The molecule has 1 aliphatic heterocycles. The van der Waals surface area contributed by atoms with Crippen molar-refractivity contribution in [2.45, 2.75) is 19.3 Å². The van der Waals surface area contributed by atoms with Gasteiger partial charge >= 0.3 is 0 Å². The van der Waals surface area contributed by atoms with Crippen molar-refractivity contribution in [2.24, 2.45) is 0 Å². The Balaban J connectivity index is 1.98. The zero-order valence-electron chi connectivity index (χ0n) is 8.06. The molecule has 0 aliphatic carbocycles. The van der Waals surface area contributed by atoms with Crippen molar-refractivity contribution >= 4 is 11.6 Å². The number of nitrogens with zero attached hydrogens (tertiary/aromatic N) is 2. The Bertz CT molecular complexity index is 387. The fourth-order valence-electron chi connectivity index (χ4n) is 1.35. The fourth-order valence-corrected chi connectivity index (χ4v) is 1.52. The molecule has 1 aromatic rings. The molecular formula is C9H11ClN2O3. The molecule has 2 rings (SSSR count). The summed E-state index contributed by atoms with van der Waals surface area (Å²) in [5.41, 5.74) is -0.335. The Morgan fingerprint density at radius 2 is 2.60 bits per heavy atom. The second-order valence-corrected chi connectivity index (χ2v) is 3.63. The van der Waals surface area contributed by atoms with Gasteiger partial charge in [0.15, 0.2) is 5.15 Å². The molecule has 15 heavy (non-hydrogen) atoms. The maximum absolute atomic E-state index is 11.4. The van der Waals surface area contributed by atoms with Gasteiger partial charge in [-0.2, -0.15) is 0 Å². The maximum atomic E-state index is 11.4. The summed E-state index contributed by atoms with van der Waals surface area (Å²) in [5, 5.41) is -0.0382. The highest BCUT2D eigenvalue weighted by molar-refractivity contribution is 6.29. The minimum absolute atomic E-state index is 0.0382. The lowest BCUT2D eigenvalue weighted by Gasteiger charge is -2.11.